The Labute approximate surface area is 364 Å². The summed E-state index contributed by atoms with van der Waals surface area (Å²) < 4.78 is 18.2. The van der Waals surface area contributed by atoms with E-state index in [-0.39, 0.29) is 32.9 Å². The van der Waals surface area contributed by atoms with E-state index in [9.17, 15) is 14.4 Å². The van der Waals surface area contributed by atoms with Crippen molar-refractivity contribution in [2.45, 2.75) is 78.6 Å². The first-order valence-electron chi connectivity index (χ1n) is 21.5. The summed E-state index contributed by atoms with van der Waals surface area (Å²) in [7, 11) is 0. The number of benzene rings is 7. The molecule has 0 N–H and O–H groups in total. The third-order valence-electron chi connectivity index (χ3n) is 12.7. The summed E-state index contributed by atoms with van der Waals surface area (Å²) in [6.07, 6.45) is 0. The lowest BCUT2D eigenvalue weighted by Crippen LogP contribution is -2.10. The first-order valence-corrected chi connectivity index (χ1v) is 21.5. The quantitative estimate of drug-likeness (QED) is 0.130. The van der Waals surface area contributed by atoms with E-state index in [1.165, 1.54) is 11.1 Å². The Hall–Kier alpha value is -7.05. The topological polar surface area (TPSA) is 90.6 Å². The van der Waals surface area contributed by atoms with E-state index in [0.29, 0.717) is 33.4 Å². The fraction of sp³-hybridized carbons (Fsp3) is 0.211. The molecule has 0 spiro atoms. The first-order chi connectivity index (χ1) is 29.8. The minimum Gasteiger partial charge on any atom is -0.422 e. The van der Waals surface area contributed by atoms with Crippen molar-refractivity contribution >= 4 is 65.2 Å². The van der Waals surface area contributed by atoms with Crippen LogP contribution in [-0.4, -0.2) is 0 Å². The van der Waals surface area contributed by atoms with Gasteiger partial charge < -0.3 is 13.3 Å². The molecule has 0 aliphatic carbocycles. The van der Waals surface area contributed by atoms with E-state index in [2.05, 4.69) is 117 Å². The molecule has 6 heteroatoms. The van der Waals surface area contributed by atoms with Gasteiger partial charge in [-0.1, -0.05) is 129 Å². The van der Waals surface area contributed by atoms with Crippen molar-refractivity contribution in [1.82, 2.24) is 0 Å². The van der Waals surface area contributed by atoms with Gasteiger partial charge in [-0.25, -0.2) is 14.4 Å². The smallest absolute Gasteiger partial charge is 0.344 e. The van der Waals surface area contributed by atoms with Gasteiger partial charge in [-0.3, -0.25) is 0 Å². The second-order valence-corrected chi connectivity index (χ2v) is 20.1. The number of hydrogen-bond donors (Lipinski definition) is 0. The molecule has 10 rings (SSSR count). The van der Waals surface area contributed by atoms with Crippen molar-refractivity contribution in [3.8, 4) is 33.4 Å². The van der Waals surface area contributed by atoms with Crippen LogP contribution in [0.4, 0.5) is 0 Å². The van der Waals surface area contributed by atoms with Crippen LogP contribution in [0.1, 0.15) is 79.0 Å². The molecule has 63 heavy (non-hydrogen) atoms. The zero-order valence-corrected chi connectivity index (χ0v) is 37.1. The Morgan fingerprint density at radius 2 is 0.619 bits per heavy atom. The molecule has 3 aromatic heterocycles. The van der Waals surface area contributed by atoms with Crippen LogP contribution in [0.25, 0.3) is 98.6 Å². The van der Waals surface area contributed by atoms with E-state index < -0.39 is 16.9 Å². The maximum absolute atomic E-state index is 14.1. The van der Waals surface area contributed by atoms with E-state index in [1.54, 1.807) is 18.2 Å². The molecular formula is C57H48O6. The lowest BCUT2D eigenvalue weighted by atomic mass is 9.85. The van der Waals surface area contributed by atoms with Crippen molar-refractivity contribution in [1.29, 1.82) is 0 Å². The van der Waals surface area contributed by atoms with Gasteiger partial charge in [-0.15, -0.1) is 0 Å². The standard InChI is InChI=1S/C57H48O6/c1-55(2,3)37-15-17-40-32(25-37)12-20-49-46(40)28-43(52(58)61-49)34-22-35(44-29-47-41-18-16-38(56(4,5)6)26-33(41)13-21-50(47)62-53(44)59)24-36(23-34)45-30-48-42-27-39(57(7,8)9)14-10-31(42)11-19-51(48)63-54(45)60/h10-30H,1-9H3. The van der Waals surface area contributed by atoms with Gasteiger partial charge in [0, 0.05) is 16.2 Å². The molecule has 10 aromatic rings. The fourth-order valence-electron chi connectivity index (χ4n) is 8.88. The molecule has 0 saturated heterocycles. The highest BCUT2D eigenvalue weighted by Crippen LogP contribution is 2.38. The molecule has 6 nitrogen and oxygen atoms in total. The van der Waals surface area contributed by atoms with Crippen LogP contribution < -0.4 is 16.9 Å². The van der Waals surface area contributed by atoms with Gasteiger partial charge in [-0.05, 0) is 143 Å². The normalized spacial score (nSPS) is 12.7. The zero-order valence-electron chi connectivity index (χ0n) is 37.1. The molecular weight excluding hydrogens is 781 g/mol. The van der Waals surface area contributed by atoms with Gasteiger partial charge in [0.25, 0.3) is 0 Å². The first kappa shape index (κ1) is 40.0. The molecule has 0 saturated carbocycles. The number of rotatable bonds is 3. The summed E-state index contributed by atoms with van der Waals surface area (Å²) in [5.41, 5.74) is 5.34. The molecule has 0 bridgehead atoms. The number of fused-ring (bicyclic) bond motifs is 9. The molecule has 7 aromatic carbocycles. The highest BCUT2D eigenvalue weighted by molar-refractivity contribution is 6.09. The van der Waals surface area contributed by atoms with Crippen LogP contribution in [0.2, 0.25) is 0 Å². The maximum Gasteiger partial charge on any atom is 0.344 e. The van der Waals surface area contributed by atoms with Gasteiger partial charge in [0.1, 0.15) is 16.7 Å². The average Bonchev–Trinajstić information content (AvgIpc) is 3.23. The predicted molar refractivity (Wildman–Crippen MR) is 259 cm³/mol. The van der Waals surface area contributed by atoms with Crippen LogP contribution in [0.5, 0.6) is 0 Å². The lowest BCUT2D eigenvalue weighted by molar-refractivity contribution is 0.563. The molecule has 0 fully saturated rings. The molecule has 0 amide bonds. The van der Waals surface area contributed by atoms with Crippen molar-refractivity contribution in [3.63, 3.8) is 0 Å². The monoisotopic (exact) mass is 828 g/mol. The Morgan fingerprint density at radius 1 is 0.302 bits per heavy atom. The van der Waals surface area contributed by atoms with Crippen molar-refractivity contribution in [2.24, 2.45) is 0 Å². The van der Waals surface area contributed by atoms with Gasteiger partial charge >= 0.3 is 16.9 Å². The molecule has 0 radical (unpaired) electrons. The summed E-state index contributed by atoms with van der Waals surface area (Å²) >= 11 is 0. The van der Waals surface area contributed by atoms with Gasteiger partial charge in [0.2, 0.25) is 0 Å². The van der Waals surface area contributed by atoms with E-state index >= 15 is 0 Å². The average molecular weight is 829 g/mol. The zero-order chi connectivity index (χ0) is 44.3. The molecule has 0 aliphatic rings. The second-order valence-electron chi connectivity index (χ2n) is 20.1. The summed E-state index contributed by atoms with van der Waals surface area (Å²) in [4.78, 5) is 42.4. The summed E-state index contributed by atoms with van der Waals surface area (Å²) in [5, 5.41) is 8.21. The minimum absolute atomic E-state index is 0.0534. The lowest BCUT2D eigenvalue weighted by Gasteiger charge is -2.20. The Kier molecular flexibility index (Phi) is 8.89. The van der Waals surface area contributed by atoms with Crippen LogP contribution in [0.15, 0.2) is 155 Å². The van der Waals surface area contributed by atoms with Crippen LogP contribution in [-0.2, 0) is 16.2 Å². The van der Waals surface area contributed by atoms with Crippen molar-refractivity contribution in [3.05, 3.63) is 175 Å². The highest BCUT2D eigenvalue weighted by Gasteiger charge is 2.22. The minimum atomic E-state index is -0.547. The van der Waals surface area contributed by atoms with Crippen molar-refractivity contribution in [2.75, 3.05) is 0 Å². The second kappa shape index (κ2) is 14.0. The highest BCUT2D eigenvalue weighted by atomic mass is 16.4. The van der Waals surface area contributed by atoms with E-state index in [1.807, 2.05) is 54.6 Å². The largest absolute Gasteiger partial charge is 0.422 e. The maximum atomic E-state index is 14.1. The molecule has 0 atom stereocenters. The summed E-state index contributed by atoms with van der Waals surface area (Å²) in [6, 6.07) is 41.6. The van der Waals surface area contributed by atoms with Crippen LogP contribution in [0, 0.1) is 0 Å². The van der Waals surface area contributed by atoms with Gasteiger partial charge in [0.15, 0.2) is 0 Å². The fourth-order valence-corrected chi connectivity index (χ4v) is 8.88. The van der Waals surface area contributed by atoms with Gasteiger partial charge in [-0.2, -0.15) is 0 Å². The molecule has 0 aliphatic heterocycles. The SMILES string of the molecule is CC(C)(C)c1ccc2c(ccc3oc(=O)c(-c4cc(-c5cc6c(ccc7cc(C(C)(C)C)ccc76)oc5=O)cc(-c5cc6c(ccc7ccc(C(C)(C)C)cc76)oc5=O)c4)cc32)c1. The summed E-state index contributed by atoms with van der Waals surface area (Å²) in [5.74, 6) is 0. The molecule has 3 heterocycles. The number of hydrogen-bond acceptors (Lipinski definition) is 6. The van der Waals surface area contributed by atoms with E-state index in [4.69, 9.17) is 13.3 Å². The molecule has 312 valence electrons. The summed E-state index contributed by atoms with van der Waals surface area (Å²) in [6.45, 7) is 19.6. The Balaban J connectivity index is 1.25. The van der Waals surface area contributed by atoms with Crippen LogP contribution >= 0.6 is 0 Å². The van der Waals surface area contributed by atoms with Crippen LogP contribution in [0.3, 0.4) is 0 Å². The van der Waals surface area contributed by atoms with E-state index in [0.717, 1.165) is 54.0 Å². The van der Waals surface area contributed by atoms with Crippen molar-refractivity contribution < 1.29 is 13.3 Å². The predicted octanol–water partition coefficient (Wildman–Crippen LogP) is 14.4. The Morgan fingerprint density at radius 3 is 1.00 bits per heavy atom. The Bertz CT molecular complexity index is 3580. The third-order valence-corrected chi connectivity index (χ3v) is 12.7. The molecule has 0 unspecified atom stereocenters. The third kappa shape index (κ3) is 6.94. The van der Waals surface area contributed by atoms with Gasteiger partial charge in [0.05, 0.1) is 16.7 Å².